The van der Waals surface area contributed by atoms with E-state index in [-0.39, 0.29) is 17.1 Å². The maximum absolute atomic E-state index is 12.5. The number of aromatic nitrogens is 1. The lowest BCUT2D eigenvalue weighted by Gasteiger charge is -2.15. The predicted molar refractivity (Wildman–Crippen MR) is 84.8 cm³/mol. The van der Waals surface area contributed by atoms with E-state index in [1.807, 2.05) is 0 Å². The van der Waals surface area contributed by atoms with E-state index in [0.717, 1.165) is 12.8 Å². The highest BCUT2D eigenvalue weighted by Crippen LogP contribution is 2.22. The van der Waals surface area contributed by atoms with Gasteiger partial charge in [-0.15, -0.1) is 0 Å². The summed E-state index contributed by atoms with van der Waals surface area (Å²) in [7, 11) is -3.56. The van der Waals surface area contributed by atoms with Gasteiger partial charge in [-0.2, -0.15) is 4.31 Å². The molecule has 0 N–H and O–H groups in total. The Hall–Kier alpha value is -2.19. The zero-order chi connectivity index (χ0) is 17.2. The summed E-state index contributed by atoms with van der Waals surface area (Å²) in [6.45, 7) is 2.75. The van der Waals surface area contributed by atoms with E-state index in [1.54, 1.807) is 19.1 Å². The largest absolute Gasteiger partial charge is 0.455 e. The monoisotopic (exact) mass is 350 g/mol. The van der Waals surface area contributed by atoms with Crippen LogP contribution < -0.4 is 0 Å². The molecule has 1 aromatic carbocycles. The number of esters is 1. The Morgan fingerprint density at radius 3 is 2.71 bits per heavy atom. The average Bonchev–Trinajstić information content (AvgIpc) is 3.24. The molecule has 3 rings (SSSR count). The Morgan fingerprint density at radius 2 is 2.04 bits per heavy atom. The predicted octanol–water partition coefficient (Wildman–Crippen LogP) is 2.12. The molecule has 2 aromatic rings. The Bertz CT molecular complexity index is 838. The van der Waals surface area contributed by atoms with Crippen LogP contribution in [0, 0.1) is 6.92 Å². The summed E-state index contributed by atoms with van der Waals surface area (Å²) in [5, 5.41) is 3.74. The van der Waals surface area contributed by atoms with Crippen molar-refractivity contribution in [1.82, 2.24) is 9.46 Å². The van der Waals surface area contributed by atoms with E-state index in [0.29, 0.717) is 24.5 Å². The first-order chi connectivity index (χ1) is 11.5. The molecular formula is C16H18N2O5S. The third-order valence-corrected chi connectivity index (χ3v) is 5.70. The van der Waals surface area contributed by atoms with Crippen molar-refractivity contribution < 1.29 is 22.5 Å². The van der Waals surface area contributed by atoms with Crippen LogP contribution in [0.25, 0.3) is 0 Å². The van der Waals surface area contributed by atoms with E-state index >= 15 is 0 Å². The highest BCUT2D eigenvalue weighted by molar-refractivity contribution is 7.89. The number of hydrogen-bond donors (Lipinski definition) is 0. The van der Waals surface area contributed by atoms with E-state index in [4.69, 9.17) is 9.26 Å². The Kier molecular flexibility index (Phi) is 4.68. The van der Waals surface area contributed by atoms with Crippen LogP contribution in [0.3, 0.4) is 0 Å². The lowest BCUT2D eigenvalue weighted by atomic mass is 10.2. The number of hydrogen-bond acceptors (Lipinski definition) is 6. The number of sulfonamides is 1. The second kappa shape index (κ2) is 6.74. The van der Waals surface area contributed by atoms with Crippen molar-refractivity contribution >= 4 is 16.0 Å². The fraction of sp³-hybridized carbons (Fsp3) is 0.375. The summed E-state index contributed by atoms with van der Waals surface area (Å²) in [5.74, 6) is 0.0221. The Morgan fingerprint density at radius 1 is 1.29 bits per heavy atom. The third kappa shape index (κ3) is 3.49. The molecule has 0 unspecified atom stereocenters. The molecule has 0 bridgehead atoms. The van der Waals surface area contributed by atoms with Crippen LogP contribution in [-0.4, -0.2) is 36.9 Å². The van der Waals surface area contributed by atoms with Gasteiger partial charge in [0.05, 0.1) is 10.5 Å². The summed E-state index contributed by atoms with van der Waals surface area (Å²) in [6.07, 6.45) is 1.72. The first kappa shape index (κ1) is 16.7. The lowest BCUT2D eigenvalue weighted by Crippen LogP contribution is -2.28. The zero-order valence-electron chi connectivity index (χ0n) is 13.3. The Balaban J connectivity index is 1.73. The molecule has 0 radical (unpaired) electrons. The number of rotatable bonds is 5. The van der Waals surface area contributed by atoms with Crippen LogP contribution in [0.15, 0.2) is 39.8 Å². The number of aryl methyl sites for hydroxylation is 1. The molecular weight excluding hydrogens is 332 g/mol. The SMILES string of the molecule is Cc1cc(COC(=O)c2cccc(S(=O)(=O)N3CCCC3)c2)no1. The van der Waals surface area contributed by atoms with Crippen LogP contribution >= 0.6 is 0 Å². The van der Waals surface area contributed by atoms with Crippen molar-refractivity contribution in [3.8, 4) is 0 Å². The maximum atomic E-state index is 12.5. The first-order valence-electron chi connectivity index (χ1n) is 7.66. The van der Waals surface area contributed by atoms with E-state index in [9.17, 15) is 13.2 Å². The van der Waals surface area contributed by atoms with Crippen molar-refractivity contribution in [2.45, 2.75) is 31.3 Å². The molecule has 7 nitrogen and oxygen atoms in total. The van der Waals surface area contributed by atoms with E-state index in [1.165, 1.54) is 22.5 Å². The average molecular weight is 350 g/mol. The fourth-order valence-electron chi connectivity index (χ4n) is 2.57. The molecule has 1 aliphatic heterocycles. The summed E-state index contributed by atoms with van der Waals surface area (Å²) in [6, 6.07) is 7.58. The number of carbonyl (C=O) groups is 1. The topological polar surface area (TPSA) is 89.7 Å². The minimum absolute atomic E-state index is 0.0285. The van der Waals surface area contributed by atoms with Crippen molar-refractivity contribution in [1.29, 1.82) is 0 Å². The van der Waals surface area contributed by atoms with Crippen molar-refractivity contribution in [3.05, 3.63) is 47.3 Å². The highest BCUT2D eigenvalue weighted by Gasteiger charge is 2.27. The van der Waals surface area contributed by atoms with Crippen LogP contribution in [-0.2, 0) is 21.4 Å². The third-order valence-electron chi connectivity index (χ3n) is 3.80. The van der Waals surface area contributed by atoms with Gasteiger partial charge in [0.1, 0.15) is 18.1 Å². The summed E-state index contributed by atoms with van der Waals surface area (Å²) < 4.78 is 36.6. The first-order valence-corrected chi connectivity index (χ1v) is 9.10. The standard InChI is InChI=1S/C16H18N2O5S/c1-12-9-14(17-23-12)11-22-16(19)13-5-4-6-15(10-13)24(20,21)18-7-2-3-8-18/h4-6,9-10H,2-3,7-8,11H2,1H3. The molecule has 0 atom stereocenters. The van der Waals surface area contributed by atoms with Gasteiger partial charge in [0.15, 0.2) is 0 Å². The van der Waals surface area contributed by atoms with Crippen molar-refractivity contribution in [3.63, 3.8) is 0 Å². The minimum Gasteiger partial charge on any atom is -0.455 e. The Labute approximate surface area is 140 Å². The number of nitrogens with zero attached hydrogens (tertiary/aromatic N) is 2. The van der Waals surface area contributed by atoms with Gasteiger partial charge in [0.25, 0.3) is 0 Å². The van der Waals surface area contributed by atoms with Gasteiger partial charge in [-0.05, 0) is 38.0 Å². The lowest BCUT2D eigenvalue weighted by molar-refractivity contribution is 0.0464. The molecule has 1 aliphatic rings. The summed E-state index contributed by atoms with van der Waals surface area (Å²) in [5.41, 5.74) is 0.692. The molecule has 0 spiro atoms. The highest BCUT2D eigenvalue weighted by atomic mass is 32.2. The van der Waals surface area contributed by atoms with Gasteiger partial charge in [0, 0.05) is 19.2 Å². The molecule has 2 heterocycles. The van der Waals surface area contributed by atoms with E-state index < -0.39 is 16.0 Å². The van der Waals surface area contributed by atoms with Gasteiger partial charge in [-0.25, -0.2) is 13.2 Å². The van der Waals surface area contributed by atoms with Crippen LogP contribution in [0.2, 0.25) is 0 Å². The molecule has 1 aromatic heterocycles. The van der Waals surface area contributed by atoms with Gasteiger partial charge < -0.3 is 9.26 Å². The van der Waals surface area contributed by atoms with Crippen LogP contribution in [0.5, 0.6) is 0 Å². The second-order valence-corrected chi connectivity index (χ2v) is 7.58. The van der Waals surface area contributed by atoms with E-state index in [2.05, 4.69) is 5.16 Å². The van der Waals surface area contributed by atoms with Gasteiger partial charge in [0.2, 0.25) is 10.0 Å². The molecule has 128 valence electrons. The molecule has 0 aliphatic carbocycles. The van der Waals surface area contributed by atoms with Gasteiger partial charge >= 0.3 is 5.97 Å². The van der Waals surface area contributed by atoms with Gasteiger partial charge in [-0.1, -0.05) is 11.2 Å². The smallest absolute Gasteiger partial charge is 0.338 e. The molecule has 24 heavy (non-hydrogen) atoms. The second-order valence-electron chi connectivity index (χ2n) is 5.64. The summed E-state index contributed by atoms with van der Waals surface area (Å²) in [4.78, 5) is 12.2. The molecule has 0 saturated carbocycles. The molecule has 1 fully saturated rings. The number of benzene rings is 1. The van der Waals surface area contributed by atoms with Crippen LogP contribution in [0.1, 0.15) is 34.7 Å². The normalized spacial score (nSPS) is 15.5. The minimum atomic E-state index is -3.56. The zero-order valence-corrected chi connectivity index (χ0v) is 14.1. The number of carbonyl (C=O) groups excluding carboxylic acids is 1. The summed E-state index contributed by atoms with van der Waals surface area (Å²) >= 11 is 0. The maximum Gasteiger partial charge on any atom is 0.338 e. The fourth-order valence-corrected chi connectivity index (χ4v) is 4.13. The van der Waals surface area contributed by atoms with Gasteiger partial charge in [-0.3, -0.25) is 0 Å². The molecule has 0 amide bonds. The quantitative estimate of drug-likeness (QED) is 0.767. The van der Waals surface area contributed by atoms with Crippen molar-refractivity contribution in [2.75, 3.05) is 13.1 Å². The molecule has 8 heteroatoms. The molecule has 1 saturated heterocycles. The number of ether oxygens (including phenoxy) is 1. The van der Waals surface area contributed by atoms with Crippen molar-refractivity contribution in [2.24, 2.45) is 0 Å². The van der Waals surface area contributed by atoms with Crippen LogP contribution in [0.4, 0.5) is 0 Å².